The number of nitrogens with zero attached hydrogens (tertiary/aromatic N) is 1. The Morgan fingerprint density at radius 1 is 1.09 bits per heavy atom. The number of halogens is 1. The normalized spacial score (nSPS) is 14.4. The predicted octanol–water partition coefficient (Wildman–Crippen LogP) is 3.73. The van der Waals surface area contributed by atoms with Crippen LogP contribution in [0.3, 0.4) is 0 Å². The summed E-state index contributed by atoms with van der Waals surface area (Å²) in [7, 11) is 3.32. The summed E-state index contributed by atoms with van der Waals surface area (Å²) in [5.41, 5.74) is 3.49. The van der Waals surface area contributed by atoms with Crippen molar-refractivity contribution >= 4 is 15.9 Å². The fraction of sp³-hybridized carbons (Fsp3) is 0.333. The van der Waals surface area contributed by atoms with E-state index < -0.39 is 0 Å². The van der Waals surface area contributed by atoms with Crippen LogP contribution < -0.4 is 9.47 Å². The molecule has 5 heteroatoms. The van der Waals surface area contributed by atoms with Crippen LogP contribution in [0.25, 0.3) is 0 Å². The summed E-state index contributed by atoms with van der Waals surface area (Å²) < 4.78 is 11.8. The molecule has 1 aliphatic rings. The van der Waals surface area contributed by atoms with Crippen molar-refractivity contribution in [1.29, 1.82) is 0 Å². The highest BCUT2D eigenvalue weighted by Crippen LogP contribution is 2.34. The van der Waals surface area contributed by atoms with E-state index in [1.165, 1.54) is 11.1 Å². The molecule has 0 bridgehead atoms. The van der Waals surface area contributed by atoms with Crippen LogP contribution >= 0.6 is 15.9 Å². The second-order valence-electron chi connectivity index (χ2n) is 5.71. The average molecular weight is 378 g/mol. The van der Waals surface area contributed by atoms with Crippen LogP contribution in [0.15, 0.2) is 34.8 Å². The molecule has 1 aliphatic heterocycles. The van der Waals surface area contributed by atoms with Crippen LogP contribution in [0.1, 0.15) is 16.7 Å². The van der Waals surface area contributed by atoms with Crippen molar-refractivity contribution in [2.75, 3.05) is 20.8 Å². The minimum absolute atomic E-state index is 0.339. The first kappa shape index (κ1) is 16.1. The molecule has 2 aromatic carbocycles. The monoisotopic (exact) mass is 377 g/mol. The van der Waals surface area contributed by atoms with Crippen LogP contribution in [-0.2, 0) is 19.5 Å². The van der Waals surface area contributed by atoms with Gasteiger partial charge in [0.05, 0.1) is 14.2 Å². The quantitative estimate of drug-likeness (QED) is 0.881. The molecular weight excluding hydrogens is 358 g/mol. The average Bonchev–Trinajstić information content (AvgIpc) is 2.56. The molecule has 0 aromatic heterocycles. The van der Waals surface area contributed by atoms with E-state index in [0.717, 1.165) is 47.6 Å². The number of aromatic hydroxyl groups is 1. The number of rotatable bonds is 4. The number of hydrogen-bond donors (Lipinski definition) is 1. The minimum Gasteiger partial charge on any atom is -0.508 e. The van der Waals surface area contributed by atoms with Crippen LogP contribution in [0.2, 0.25) is 0 Å². The molecule has 0 saturated heterocycles. The Labute approximate surface area is 144 Å². The maximum Gasteiger partial charge on any atom is 0.161 e. The molecule has 3 rings (SSSR count). The second-order valence-corrected chi connectivity index (χ2v) is 6.63. The molecule has 1 heterocycles. The molecule has 23 heavy (non-hydrogen) atoms. The summed E-state index contributed by atoms with van der Waals surface area (Å²) in [5.74, 6) is 1.88. The van der Waals surface area contributed by atoms with Gasteiger partial charge in [-0.25, -0.2) is 0 Å². The minimum atomic E-state index is 0.339. The van der Waals surface area contributed by atoms with Crippen LogP contribution in [0, 0.1) is 0 Å². The fourth-order valence-corrected chi connectivity index (χ4v) is 3.41. The van der Waals surface area contributed by atoms with Gasteiger partial charge in [-0.05, 0) is 47.9 Å². The van der Waals surface area contributed by atoms with E-state index in [1.807, 2.05) is 12.1 Å². The topological polar surface area (TPSA) is 41.9 Å². The maximum atomic E-state index is 10.0. The Balaban J connectivity index is 1.81. The molecule has 0 atom stereocenters. The lowest BCUT2D eigenvalue weighted by Gasteiger charge is -2.29. The molecule has 122 valence electrons. The number of phenols is 1. The van der Waals surface area contributed by atoms with E-state index in [4.69, 9.17) is 9.47 Å². The van der Waals surface area contributed by atoms with Crippen molar-refractivity contribution in [2.24, 2.45) is 0 Å². The van der Waals surface area contributed by atoms with Crippen molar-refractivity contribution in [3.05, 3.63) is 51.5 Å². The van der Waals surface area contributed by atoms with Crippen LogP contribution in [0.5, 0.6) is 17.2 Å². The van der Waals surface area contributed by atoms with Gasteiger partial charge in [-0.3, -0.25) is 4.90 Å². The highest BCUT2D eigenvalue weighted by atomic mass is 79.9. The van der Waals surface area contributed by atoms with E-state index >= 15 is 0 Å². The first-order valence-corrected chi connectivity index (χ1v) is 8.33. The number of hydrogen-bond acceptors (Lipinski definition) is 4. The Hall–Kier alpha value is -1.72. The molecule has 4 nitrogen and oxygen atoms in total. The molecule has 0 amide bonds. The largest absolute Gasteiger partial charge is 0.508 e. The first-order chi connectivity index (χ1) is 11.1. The number of phenolic OH excluding ortho intramolecular Hbond substituents is 1. The lowest BCUT2D eigenvalue weighted by atomic mass is 9.98. The summed E-state index contributed by atoms with van der Waals surface area (Å²) in [4.78, 5) is 2.33. The predicted molar refractivity (Wildman–Crippen MR) is 93.2 cm³/mol. The summed E-state index contributed by atoms with van der Waals surface area (Å²) in [6.45, 7) is 2.51. The summed E-state index contributed by atoms with van der Waals surface area (Å²) in [5, 5.41) is 10.0. The Morgan fingerprint density at radius 3 is 2.48 bits per heavy atom. The third-order valence-electron chi connectivity index (χ3n) is 4.23. The van der Waals surface area contributed by atoms with E-state index in [2.05, 4.69) is 33.0 Å². The van der Waals surface area contributed by atoms with Crippen molar-refractivity contribution in [3.8, 4) is 17.2 Å². The zero-order valence-electron chi connectivity index (χ0n) is 13.3. The van der Waals surface area contributed by atoms with E-state index in [0.29, 0.717) is 5.75 Å². The van der Waals surface area contributed by atoms with Crippen LogP contribution in [0.4, 0.5) is 0 Å². The van der Waals surface area contributed by atoms with Crippen molar-refractivity contribution in [3.63, 3.8) is 0 Å². The van der Waals surface area contributed by atoms with E-state index in [1.54, 1.807) is 20.3 Å². The van der Waals surface area contributed by atoms with Gasteiger partial charge < -0.3 is 14.6 Å². The van der Waals surface area contributed by atoms with Crippen molar-refractivity contribution < 1.29 is 14.6 Å². The van der Waals surface area contributed by atoms with Gasteiger partial charge in [0.25, 0.3) is 0 Å². The summed E-state index contributed by atoms with van der Waals surface area (Å²) >= 11 is 3.46. The zero-order chi connectivity index (χ0) is 16.4. The van der Waals surface area contributed by atoms with Gasteiger partial charge in [-0.1, -0.05) is 15.9 Å². The number of methoxy groups -OCH3 is 2. The lowest BCUT2D eigenvalue weighted by Crippen LogP contribution is -2.30. The van der Waals surface area contributed by atoms with Gasteiger partial charge in [0.15, 0.2) is 11.5 Å². The van der Waals surface area contributed by atoms with E-state index in [-0.39, 0.29) is 0 Å². The van der Waals surface area contributed by atoms with Gasteiger partial charge in [-0.15, -0.1) is 0 Å². The SMILES string of the molecule is COc1cc2c(cc1OC)CN(Cc1cc(Br)ccc1O)CC2. The maximum absolute atomic E-state index is 10.0. The molecule has 0 spiro atoms. The standard InChI is InChI=1S/C18H20BrNO3/c1-22-17-8-12-5-6-20(10-13(12)9-18(17)23-2)11-14-7-15(19)3-4-16(14)21/h3-4,7-9,21H,5-6,10-11H2,1-2H3. The molecule has 0 radical (unpaired) electrons. The fourth-order valence-electron chi connectivity index (χ4n) is 3.00. The van der Waals surface area contributed by atoms with Crippen molar-refractivity contribution in [1.82, 2.24) is 4.90 Å². The highest BCUT2D eigenvalue weighted by Gasteiger charge is 2.20. The van der Waals surface area contributed by atoms with E-state index in [9.17, 15) is 5.11 Å². The molecule has 0 saturated carbocycles. The summed E-state index contributed by atoms with van der Waals surface area (Å²) in [6, 6.07) is 9.68. The highest BCUT2D eigenvalue weighted by molar-refractivity contribution is 9.10. The molecule has 1 N–H and O–H groups in total. The molecule has 0 aliphatic carbocycles. The third-order valence-corrected chi connectivity index (χ3v) is 4.73. The third kappa shape index (κ3) is 3.46. The zero-order valence-corrected chi connectivity index (χ0v) is 14.9. The first-order valence-electron chi connectivity index (χ1n) is 7.54. The second kappa shape index (κ2) is 6.81. The number of ether oxygens (including phenoxy) is 2. The molecular formula is C18H20BrNO3. The van der Waals surface area contributed by atoms with Crippen LogP contribution in [-0.4, -0.2) is 30.8 Å². The smallest absolute Gasteiger partial charge is 0.161 e. The molecule has 2 aromatic rings. The summed E-state index contributed by atoms with van der Waals surface area (Å²) in [6.07, 6.45) is 0.963. The number of benzene rings is 2. The Morgan fingerprint density at radius 2 is 1.78 bits per heavy atom. The molecule has 0 unspecified atom stereocenters. The van der Waals surface area contributed by atoms with Gasteiger partial charge in [-0.2, -0.15) is 0 Å². The van der Waals surface area contributed by atoms with Gasteiger partial charge in [0, 0.05) is 29.7 Å². The number of fused-ring (bicyclic) bond motifs is 1. The Kier molecular flexibility index (Phi) is 4.78. The van der Waals surface area contributed by atoms with Gasteiger partial charge in [0.1, 0.15) is 5.75 Å². The van der Waals surface area contributed by atoms with Gasteiger partial charge in [0.2, 0.25) is 0 Å². The molecule has 0 fully saturated rings. The lowest BCUT2D eigenvalue weighted by molar-refractivity contribution is 0.241. The van der Waals surface area contributed by atoms with Gasteiger partial charge >= 0.3 is 0 Å². The van der Waals surface area contributed by atoms with Crippen molar-refractivity contribution in [2.45, 2.75) is 19.5 Å². The Bertz CT molecular complexity index is 718.